The van der Waals surface area contributed by atoms with Crippen molar-refractivity contribution in [1.29, 1.82) is 0 Å². The van der Waals surface area contributed by atoms with Crippen LogP contribution in [0, 0.1) is 28.6 Å². The second-order valence-corrected chi connectivity index (χ2v) is 12.7. The number of carbonyl (C=O) groups is 1. The smallest absolute Gasteiger partial charge is 0.280 e. The zero-order valence-corrected chi connectivity index (χ0v) is 20.0. The number of nitrogens with zero attached hydrogens (tertiary/aromatic N) is 2. The molecule has 178 valence electrons. The van der Waals surface area contributed by atoms with Gasteiger partial charge in [-0.1, -0.05) is 25.1 Å². The molecule has 0 aromatic carbocycles. The Kier molecular flexibility index (Phi) is 5.26. The summed E-state index contributed by atoms with van der Waals surface area (Å²) in [6.07, 6.45) is 5.65. The number of hydrogen-bond acceptors (Lipinski definition) is 7. The Hall–Kier alpha value is -1.45. The molecular weight excluding hydrogens is 432 g/mol. The first-order valence-electron chi connectivity index (χ1n) is 11.7. The zero-order chi connectivity index (χ0) is 22.9. The molecular formula is C23H34N2O6S. The molecule has 3 aliphatic carbocycles. The number of sulfonamides is 1. The number of ether oxygens (including phenoxy) is 2. The van der Waals surface area contributed by atoms with Crippen LogP contribution < -0.4 is 0 Å². The molecule has 0 aromatic rings. The van der Waals surface area contributed by atoms with E-state index in [9.17, 15) is 13.2 Å². The lowest BCUT2D eigenvalue weighted by Gasteiger charge is -2.37. The fourth-order valence-electron chi connectivity index (χ4n) is 7.43. The van der Waals surface area contributed by atoms with E-state index in [4.69, 9.17) is 14.3 Å². The van der Waals surface area contributed by atoms with E-state index in [1.54, 1.807) is 7.11 Å². The standard InChI is InChI=1S/C23H34N2O6S/c1-5-14-8-16(30-13-29-4)10-17(14)18-11-19(31-24-18)21(26)25-20-9-15-6-7-23(20,22(15,2)3)12-32(25,27)28/h5,14-17,19-20H,1,6-13H2,2-4H3/t14-,15-,16+,17-,19-,20-,23-/m1/s1. The number of allylic oxidation sites excluding steroid dienone is 1. The Labute approximate surface area is 190 Å². The minimum atomic E-state index is -3.67. The third kappa shape index (κ3) is 3.03. The van der Waals surface area contributed by atoms with Crippen LogP contribution in [0.5, 0.6) is 0 Å². The van der Waals surface area contributed by atoms with Crippen LogP contribution in [-0.4, -0.2) is 62.2 Å². The number of amides is 1. The van der Waals surface area contributed by atoms with Gasteiger partial charge in [-0.3, -0.25) is 4.79 Å². The van der Waals surface area contributed by atoms with Gasteiger partial charge in [-0.25, -0.2) is 12.7 Å². The van der Waals surface area contributed by atoms with E-state index in [0.717, 1.165) is 37.8 Å². The summed E-state index contributed by atoms with van der Waals surface area (Å²) in [5.74, 6) is 0.341. The summed E-state index contributed by atoms with van der Waals surface area (Å²) in [5.41, 5.74) is 0.395. The van der Waals surface area contributed by atoms with E-state index in [-0.39, 0.29) is 47.4 Å². The molecule has 5 rings (SSSR count). The SMILES string of the molecule is C=C[C@@H]1C[C@H](OCOC)C[C@H]1C1=NO[C@@H](C(=O)N2[C@@H]3C[C@H]4CC[C@]3(CS2(=O)=O)C4(C)C)C1. The van der Waals surface area contributed by atoms with Crippen molar-refractivity contribution in [1.82, 2.24) is 4.31 Å². The fourth-order valence-corrected chi connectivity index (χ4v) is 10.0. The largest absolute Gasteiger partial charge is 0.382 e. The highest BCUT2D eigenvalue weighted by atomic mass is 32.2. The quantitative estimate of drug-likeness (QED) is 0.441. The van der Waals surface area contributed by atoms with Gasteiger partial charge in [0.15, 0.2) is 0 Å². The maximum atomic E-state index is 13.5. The predicted molar refractivity (Wildman–Crippen MR) is 118 cm³/mol. The number of hydrogen-bond donors (Lipinski definition) is 0. The highest BCUT2D eigenvalue weighted by Crippen LogP contribution is 2.70. The van der Waals surface area contributed by atoms with Gasteiger partial charge in [-0.05, 0) is 49.4 Å². The number of oxime groups is 1. The van der Waals surface area contributed by atoms with Crippen molar-refractivity contribution in [2.24, 2.45) is 33.7 Å². The van der Waals surface area contributed by atoms with E-state index < -0.39 is 22.0 Å². The van der Waals surface area contributed by atoms with Crippen molar-refractivity contribution in [3.63, 3.8) is 0 Å². The van der Waals surface area contributed by atoms with Crippen molar-refractivity contribution in [3.8, 4) is 0 Å². The molecule has 4 fully saturated rings. The molecule has 3 saturated carbocycles. The molecule has 5 aliphatic rings. The molecule has 7 atom stereocenters. The van der Waals surface area contributed by atoms with E-state index in [1.807, 2.05) is 6.08 Å². The molecule has 0 unspecified atom stereocenters. The van der Waals surface area contributed by atoms with Gasteiger partial charge in [0.05, 0.1) is 23.6 Å². The molecule has 1 spiro atoms. The summed E-state index contributed by atoms with van der Waals surface area (Å²) in [4.78, 5) is 19.1. The van der Waals surface area contributed by atoms with Gasteiger partial charge in [0.2, 0.25) is 16.1 Å². The average molecular weight is 467 g/mol. The molecule has 2 bridgehead atoms. The predicted octanol–water partition coefficient (Wildman–Crippen LogP) is 2.70. The van der Waals surface area contributed by atoms with Crippen molar-refractivity contribution >= 4 is 21.6 Å². The van der Waals surface area contributed by atoms with Crippen LogP contribution in [0.1, 0.15) is 52.4 Å². The van der Waals surface area contributed by atoms with Gasteiger partial charge in [0.25, 0.3) is 5.91 Å². The minimum absolute atomic E-state index is 0.0375. The molecule has 0 aromatic heterocycles. The van der Waals surface area contributed by atoms with Gasteiger partial charge in [0, 0.05) is 24.9 Å². The first-order chi connectivity index (χ1) is 15.1. The number of fused-ring (bicyclic) bond motifs is 1. The summed E-state index contributed by atoms with van der Waals surface area (Å²) >= 11 is 0. The fraction of sp³-hybridized carbons (Fsp3) is 0.826. The molecule has 0 radical (unpaired) electrons. The van der Waals surface area contributed by atoms with Crippen LogP contribution in [0.25, 0.3) is 0 Å². The molecule has 2 heterocycles. The van der Waals surface area contributed by atoms with Crippen molar-refractivity contribution < 1.29 is 27.5 Å². The van der Waals surface area contributed by atoms with Crippen molar-refractivity contribution in [2.75, 3.05) is 19.7 Å². The topological polar surface area (TPSA) is 94.5 Å². The van der Waals surface area contributed by atoms with Gasteiger partial charge < -0.3 is 14.3 Å². The highest BCUT2D eigenvalue weighted by molar-refractivity contribution is 7.90. The van der Waals surface area contributed by atoms with Crippen LogP contribution in [0.3, 0.4) is 0 Å². The van der Waals surface area contributed by atoms with Crippen LogP contribution >= 0.6 is 0 Å². The molecule has 8 nitrogen and oxygen atoms in total. The van der Waals surface area contributed by atoms with E-state index in [0.29, 0.717) is 12.3 Å². The van der Waals surface area contributed by atoms with Gasteiger partial charge in [0.1, 0.15) is 6.79 Å². The van der Waals surface area contributed by atoms with E-state index >= 15 is 0 Å². The summed E-state index contributed by atoms with van der Waals surface area (Å²) in [5, 5.41) is 4.25. The highest BCUT2D eigenvalue weighted by Gasteiger charge is 2.72. The third-order valence-corrected chi connectivity index (χ3v) is 11.2. The molecule has 2 aliphatic heterocycles. The van der Waals surface area contributed by atoms with Crippen molar-refractivity contribution in [2.45, 2.75) is 70.6 Å². The zero-order valence-electron chi connectivity index (χ0n) is 19.2. The van der Waals surface area contributed by atoms with Crippen LogP contribution in [0.2, 0.25) is 0 Å². The maximum Gasteiger partial charge on any atom is 0.280 e. The number of rotatable bonds is 6. The van der Waals surface area contributed by atoms with Gasteiger partial charge in [-0.15, -0.1) is 6.58 Å². The summed E-state index contributed by atoms with van der Waals surface area (Å²) in [6, 6.07) is -0.249. The Balaban J connectivity index is 1.31. The second kappa shape index (κ2) is 7.53. The molecule has 1 saturated heterocycles. The first-order valence-corrected chi connectivity index (χ1v) is 13.3. The Morgan fingerprint density at radius 1 is 1.34 bits per heavy atom. The molecule has 32 heavy (non-hydrogen) atoms. The summed E-state index contributed by atoms with van der Waals surface area (Å²) in [6.45, 7) is 8.54. The maximum absolute atomic E-state index is 13.5. The Morgan fingerprint density at radius 2 is 2.12 bits per heavy atom. The Morgan fingerprint density at radius 3 is 2.81 bits per heavy atom. The van der Waals surface area contributed by atoms with Crippen molar-refractivity contribution in [3.05, 3.63) is 12.7 Å². The second-order valence-electron chi connectivity index (χ2n) is 10.8. The molecule has 0 N–H and O–H groups in total. The van der Waals surface area contributed by atoms with Crippen LogP contribution in [0.15, 0.2) is 17.8 Å². The minimum Gasteiger partial charge on any atom is -0.382 e. The molecule has 1 amide bonds. The lowest BCUT2D eigenvalue weighted by molar-refractivity contribution is -0.139. The number of carbonyl (C=O) groups excluding carboxylic acids is 1. The van der Waals surface area contributed by atoms with Crippen LogP contribution in [-0.2, 0) is 29.1 Å². The van der Waals surface area contributed by atoms with Gasteiger partial charge in [-0.2, -0.15) is 0 Å². The summed E-state index contributed by atoms with van der Waals surface area (Å²) < 4.78 is 38.3. The monoisotopic (exact) mass is 466 g/mol. The average Bonchev–Trinajstić information content (AvgIpc) is 3.50. The number of methoxy groups -OCH3 is 1. The first kappa shape index (κ1) is 22.3. The van der Waals surface area contributed by atoms with E-state index in [2.05, 4.69) is 25.6 Å². The third-order valence-electron chi connectivity index (χ3n) is 9.32. The molecule has 9 heteroatoms. The lowest BCUT2D eigenvalue weighted by atomic mass is 9.69. The Bertz CT molecular complexity index is 946. The normalized spacial score (nSPS) is 43.2. The van der Waals surface area contributed by atoms with Crippen LogP contribution in [0.4, 0.5) is 0 Å². The summed E-state index contributed by atoms with van der Waals surface area (Å²) in [7, 11) is -2.07. The lowest BCUT2D eigenvalue weighted by Crippen LogP contribution is -2.48. The van der Waals surface area contributed by atoms with Gasteiger partial charge >= 0.3 is 0 Å². The van der Waals surface area contributed by atoms with E-state index in [1.165, 1.54) is 4.31 Å².